The molecule has 0 heterocycles. The molecule has 3 heteroatoms. The predicted octanol–water partition coefficient (Wildman–Crippen LogP) is 2.66. The van der Waals surface area contributed by atoms with Crippen LogP contribution in [0.15, 0.2) is 36.4 Å². The van der Waals surface area contributed by atoms with Gasteiger partial charge < -0.3 is 4.55 Å². The summed E-state index contributed by atoms with van der Waals surface area (Å²) >= 11 is -1.77. The van der Waals surface area contributed by atoms with Crippen LogP contribution in [0.3, 0.4) is 0 Å². The van der Waals surface area contributed by atoms with Crippen LogP contribution in [0.5, 0.6) is 0 Å². The van der Waals surface area contributed by atoms with Crippen molar-refractivity contribution in [1.82, 2.24) is 0 Å². The van der Waals surface area contributed by atoms with Gasteiger partial charge in [-0.2, -0.15) is 0 Å². The molecule has 1 aliphatic carbocycles. The molecule has 2 nitrogen and oxygen atoms in total. The van der Waals surface area contributed by atoms with Gasteiger partial charge in [-0.1, -0.05) is 36.4 Å². The standard InChI is InChI=1S/C12H10O2S/c13-15(14)11-7-9-5-1-3-8-4-2-6-10(11)12(8)9/h1-6,11H,7H2,(H,13,14). The van der Waals surface area contributed by atoms with Crippen molar-refractivity contribution in [3.8, 4) is 0 Å². The summed E-state index contributed by atoms with van der Waals surface area (Å²) in [4.78, 5) is 0. The topological polar surface area (TPSA) is 37.3 Å². The van der Waals surface area contributed by atoms with E-state index >= 15 is 0 Å². The minimum absolute atomic E-state index is 0.244. The van der Waals surface area contributed by atoms with Crippen molar-refractivity contribution >= 4 is 21.9 Å². The van der Waals surface area contributed by atoms with Gasteiger partial charge >= 0.3 is 0 Å². The van der Waals surface area contributed by atoms with Gasteiger partial charge in [0.15, 0.2) is 11.1 Å². The van der Waals surface area contributed by atoms with Crippen molar-refractivity contribution in [3.05, 3.63) is 47.5 Å². The molecular formula is C12H10O2S. The lowest BCUT2D eigenvalue weighted by Crippen LogP contribution is -2.03. The number of benzene rings is 2. The van der Waals surface area contributed by atoms with Crippen LogP contribution in [-0.4, -0.2) is 8.76 Å². The molecule has 1 aliphatic rings. The first-order chi connectivity index (χ1) is 7.27. The van der Waals surface area contributed by atoms with Gasteiger partial charge in [0, 0.05) is 0 Å². The monoisotopic (exact) mass is 218 g/mol. The van der Waals surface area contributed by atoms with Crippen molar-refractivity contribution < 1.29 is 8.76 Å². The highest BCUT2D eigenvalue weighted by Gasteiger charge is 2.27. The van der Waals surface area contributed by atoms with Gasteiger partial charge in [-0.05, 0) is 28.3 Å². The molecule has 0 fully saturated rings. The van der Waals surface area contributed by atoms with Crippen molar-refractivity contribution in [3.63, 3.8) is 0 Å². The maximum Gasteiger partial charge on any atom is 0.160 e. The second-order valence-electron chi connectivity index (χ2n) is 3.83. The van der Waals surface area contributed by atoms with Crippen LogP contribution in [0.1, 0.15) is 16.4 Å². The van der Waals surface area contributed by atoms with Crippen molar-refractivity contribution in [2.24, 2.45) is 0 Å². The summed E-state index contributed by atoms with van der Waals surface area (Å²) in [7, 11) is 0. The van der Waals surface area contributed by atoms with Crippen LogP contribution >= 0.6 is 0 Å². The summed E-state index contributed by atoms with van der Waals surface area (Å²) in [5.74, 6) is 0. The molecule has 3 rings (SSSR count). The Hall–Kier alpha value is -1.19. The van der Waals surface area contributed by atoms with Gasteiger partial charge in [-0.15, -0.1) is 0 Å². The highest BCUT2D eigenvalue weighted by Crippen LogP contribution is 2.39. The molecule has 15 heavy (non-hydrogen) atoms. The molecule has 0 amide bonds. The second kappa shape index (κ2) is 3.15. The average Bonchev–Trinajstić information content (AvgIpc) is 2.61. The van der Waals surface area contributed by atoms with Gasteiger partial charge in [0.25, 0.3) is 0 Å². The fourth-order valence-electron chi connectivity index (χ4n) is 2.38. The summed E-state index contributed by atoms with van der Waals surface area (Å²) in [6.07, 6.45) is 0.680. The van der Waals surface area contributed by atoms with Crippen LogP contribution in [0.2, 0.25) is 0 Å². The third-order valence-electron chi connectivity index (χ3n) is 3.02. The van der Waals surface area contributed by atoms with Gasteiger partial charge in [-0.3, -0.25) is 0 Å². The first kappa shape index (κ1) is 9.07. The van der Waals surface area contributed by atoms with E-state index in [1.807, 2.05) is 36.4 Å². The fourth-order valence-corrected chi connectivity index (χ4v) is 3.11. The first-order valence-corrected chi connectivity index (χ1v) is 6.04. The molecule has 0 saturated carbocycles. The van der Waals surface area contributed by atoms with Gasteiger partial charge in [0.1, 0.15) is 0 Å². The van der Waals surface area contributed by atoms with Crippen molar-refractivity contribution in [2.75, 3.05) is 0 Å². The average molecular weight is 218 g/mol. The van der Waals surface area contributed by atoms with Gasteiger partial charge in [-0.25, -0.2) is 4.21 Å². The summed E-state index contributed by atoms with van der Waals surface area (Å²) in [6.45, 7) is 0. The van der Waals surface area contributed by atoms with Gasteiger partial charge in [0.2, 0.25) is 0 Å². The Balaban J connectivity index is 2.36. The summed E-state index contributed by atoms with van der Waals surface area (Å²) in [6, 6.07) is 12.0. The van der Waals surface area contributed by atoms with Crippen LogP contribution in [-0.2, 0) is 17.5 Å². The maximum absolute atomic E-state index is 11.2. The van der Waals surface area contributed by atoms with E-state index < -0.39 is 11.1 Å². The van der Waals surface area contributed by atoms with E-state index in [2.05, 4.69) is 0 Å². The molecule has 76 valence electrons. The van der Waals surface area contributed by atoms with Crippen molar-refractivity contribution in [1.29, 1.82) is 0 Å². The third-order valence-corrected chi connectivity index (χ3v) is 3.93. The zero-order chi connectivity index (χ0) is 10.4. The Morgan fingerprint density at radius 1 is 1.20 bits per heavy atom. The van der Waals surface area contributed by atoms with Gasteiger partial charge in [0.05, 0.1) is 5.25 Å². The molecule has 0 aromatic heterocycles. The minimum Gasteiger partial charge on any atom is -0.306 e. The highest BCUT2D eigenvalue weighted by atomic mass is 32.2. The SMILES string of the molecule is O=S(O)C1Cc2cccc3cccc1c23. The molecule has 2 unspecified atom stereocenters. The van der Waals surface area contributed by atoms with E-state index in [1.54, 1.807) is 0 Å². The van der Waals surface area contributed by atoms with E-state index in [1.165, 1.54) is 10.9 Å². The zero-order valence-electron chi connectivity index (χ0n) is 8.01. The molecular weight excluding hydrogens is 208 g/mol. The molecule has 1 N–H and O–H groups in total. The van der Waals surface area contributed by atoms with Crippen LogP contribution in [0.25, 0.3) is 10.8 Å². The summed E-state index contributed by atoms with van der Waals surface area (Å²) < 4.78 is 20.5. The zero-order valence-corrected chi connectivity index (χ0v) is 8.83. The second-order valence-corrected chi connectivity index (χ2v) is 4.95. The molecule has 0 aliphatic heterocycles. The molecule has 2 aromatic carbocycles. The summed E-state index contributed by atoms with van der Waals surface area (Å²) in [5, 5.41) is 2.09. The molecule has 0 saturated heterocycles. The highest BCUT2D eigenvalue weighted by molar-refractivity contribution is 7.79. The largest absolute Gasteiger partial charge is 0.306 e. The molecule has 2 aromatic rings. The Morgan fingerprint density at radius 3 is 2.67 bits per heavy atom. The minimum atomic E-state index is -1.77. The number of hydrogen-bond donors (Lipinski definition) is 1. The maximum atomic E-state index is 11.2. The molecule has 2 atom stereocenters. The van der Waals surface area contributed by atoms with E-state index in [9.17, 15) is 8.76 Å². The lowest BCUT2D eigenvalue weighted by molar-refractivity contribution is 0.550. The van der Waals surface area contributed by atoms with Crippen LogP contribution in [0.4, 0.5) is 0 Å². The predicted molar refractivity (Wildman–Crippen MR) is 61.2 cm³/mol. The Bertz CT molecular complexity index is 557. The quantitative estimate of drug-likeness (QED) is 0.747. The third kappa shape index (κ3) is 1.24. The number of rotatable bonds is 1. The molecule has 0 spiro atoms. The lowest BCUT2D eigenvalue weighted by Gasteiger charge is -2.05. The number of hydrogen-bond acceptors (Lipinski definition) is 1. The fraction of sp³-hybridized carbons (Fsp3) is 0.167. The normalized spacial score (nSPS) is 20.7. The lowest BCUT2D eigenvalue weighted by atomic mass is 10.1. The molecule has 0 radical (unpaired) electrons. The van der Waals surface area contributed by atoms with Crippen molar-refractivity contribution in [2.45, 2.75) is 11.7 Å². The Kier molecular flexibility index (Phi) is 1.90. The van der Waals surface area contributed by atoms with Crippen LogP contribution < -0.4 is 0 Å². The Morgan fingerprint density at radius 2 is 1.93 bits per heavy atom. The van der Waals surface area contributed by atoms with E-state index in [4.69, 9.17) is 0 Å². The summed E-state index contributed by atoms with van der Waals surface area (Å²) in [5.41, 5.74) is 2.21. The smallest absolute Gasteiger partial charge is 0.160 e. The first-order valence-electron chi connectivity index (χ1n) is 4.87. The Labute approximate surface area is 90.2 Å². The molecule has 0 bridgehead atoms. The van der Waals surface area contributed by atoms with Crippen LogP contribution in [0, 0.1) is 0 Å². The van der Waals surface area contributed by atoms with E-state index in [0.717, 1.165) is 10.9 Å². The van der Waals surface area contributed by atoms with E-state index in [0.29, 0.717) is 6.42 Å². The van der Waals surface area contributed by atoms with E-state index in [-0.39, 0.29) is 5.25 Å².